The van der Waals surface area contributed by atoms with E-state index >= 15 is 0 Å². The van der Waals surface area contributed by atoms with Crippen molar-refractivity contribution in [3.8, 4) is 5.69 Å². The standard InChI is InChI=1S/C58H63B2N/c1-30-12-11-17-35-18-19-36(20-35)42-26-44-45-27-43-37-21-40-23-41-22-38(29-58(40,41)28-37)49(43)53-55(45)61-54(44)52(48(30)42)59(50-31(2)13-9-14-32(50)3)46-24-39(57(6,7)8)25-47(56(46)61)60(53)51-33(4)15-10-16-34(51)5/h9-10,13-16,24-27,30,35-38,40-41H,11-12,17-23,28-29H2,1-8H3. The number of benzene rings is 5. The van der Waals surface area contributed by atoms with Gasteiger partial charge in [-0.15, -0.1) is 0 Å². The van der Waals surface area contributed by atoms with Gasteiger partial charge in [0.05, 0.1) is 0 Å². The lowest BCUT2D eigenvalue weighted by molar-refractivity contribution is 0.00322. The highest BCUT2D eigenvalue weighted by Crippen LogP contribution is 2.76. The summed E-state index contributed by atoms with van der Waals surface area (Å²) in [6.07, 6.45) is 15.5. The van der Waals surface area contributed by atoms with Crippen LogP contribution in [-0.2, 0) is 5.41 Å². The van der Waals surface area contributed by atoms with Crippen LogP contribution in [0.4, 0.5) is 0 Å². The zero-order valence-electron chi connectivity index (χ0n) is 38.2. The van der Waals surface area contributed by atoms with Crippen LogP contribution in [0.5, 0.6) is 0 Å². The molecule has 5 aromatic carbocycles. The molecule has 8 atom stereocenters. The van der Waals surface area contributed by atoms with Crippen molar-refractivity contribution in [3.05, 3.63) is 111 Å². The van der Waals surface area contributed by atoms with Gasteiger partial charge in [0.2, 0.25) is 13.4 Å². The SMILES string of the molecule is Cc1cccc(C)c1B1c2cc(C(C)(C)C)cc3c2-n2c4c1c1c(cc4c4cc5c(c(c42)B3c2c(C)cccc2C)C2CC3CC4CC5CC43C2)C2CCC(CCCC1C)C2. The van der Waals surface area contributed by atoms with Gasteiger partial charge in [0.1, 0.15) is 0 Å². The molecule has 1 spiro atoms. The molecular formula is C58H63B2N. The molecule has 0 radical (unpaired) electrons. The average Bonchev–Trinajstić information content (AvgIpc) is 3.96. The first-order valence-electron chi connectivity index (χ1n) is 24.9. The van der Waals surface area contributed by atoms with Crippen LogP contribution >= 0.6 is 0 Å². The van der Waals surface area contributed by atoms with Gasteiger partial charge in [-0.1, -0.05) is 122 Å². The molecule has 3 heteroatoms. The second kappa shape index (κ2) is 12.0. The van der Waals surface area contributed by atoms with Gasteiger partial charge >= 0.3 is 0 Å². The van der Waals surface area contributed by atoms with Crippen molar-refractivity contribution in [2.45, 2.75) is 155 Å². The number of rotatable bonds is 2. The highest BCUT2D eigenvalue weighted by molar-refractivity contribution is 7.02. The Bertz CT molecular complexity index is 2920. The Kier molecular flexibility index (Phi) is 7.17. The van der Waals surface area contributed by atoms with Gasteiger partial charge in [-0.3, -0.25) is 0 Å². The van der Waals surface area contributed by atoms with Gasteiger partial charge in [-0.2, -0.15) is 0 Å². The summed E-state index contributed by atoms with van der Waals surface area (Å²) >= 11 is 0. The molecule has 61 heavy (non-hydrogen) atoms. The first kappa shape index (κ1) is 36.5. The van der Waals surface area contributed by atoms with Crippen molar-refractivity contribution in [2.75, 3.05) is 0 Å². The van der Waals surface area contributed by atoms with Crippen LogP contribution in [0, 0.1) is 50.9 Å². The Hall–Kier alpha value is -3.97. The lowest BCUT2D eigenvalue weighted by Crippen LogP contribution is -2.65. The smallest absolute Gasteiger partial charge is 0.247 e. The molecule has 1 nitrogen and oxygen atoms in total. The van der Waals surface area contributed by atoms with Gasteiger partial charge in [0.25, 0.3) is 0 Å². The minimum atomic E-state index is 0.00518. The van der Waals surface area contributed by atoms with Crippen LogP contribution in [0.15, 0.2) is 60.7 Å². The Morgan fingerprint density at radius 1 is 0.590 bits per heavy atom. The highest BCUT2D eigenvalue weighted by atomic mass is 15.0. The molecular weight excluding hydrogens is 732 g/mol. The summed E-state index contributed by atoms with van der Waals surface area (Å²) < 4.78 is 2.98. The normalized spacial score (nSPS) is 29.7. The molecule has 6 aromatic rings. The van der Waals surface area contributed by atoms with Gasteiger partial charge in [-0.25, -0.2) is 0 Å². The predicted octanol–water partition coefficient (Wildman–Crippen LogP) is 10.5. The molecule has 4 fully saturated rings. The maximum Gasteiger partial charge on any atom is 0.247 e. The molecule has 6 aliphatic carbocycles. The third kappa shape index (κ3) is 4.48. The van der Waals surface area contributed by atoms with Crippen LogP contribution < -0.4 is 32.8 Å². The second-order valence-electron chi connectivity index (χ2n) is 23.8. The van der Waals surface area contributed by atoms with E-state index in [9.17, 15) is 0 Å². The Morgan fingerprint density at radius 3 is 1.75 bits per heavy atom. The van der Waals surface area contributed by atoms with Crippen LogP contribution in [0.3, 0.4) is 0 Å². The predicted molar refractivity (Wildman–Crippen MR) is 261 cm³/mol. The Balaban J connectivity index is 1.24. The summed E-state index contributed by atoms with van der Waals surface area (Å²) in [6.45, 7) is 20.2. The Labute approximate surface area is 365 Å². The quantitative estimate of drug-likeness (QED) is 0.154. The van der Waals surface area contributed by atoms with Crippen LogP contribution in [-0.4, -0.2) is 18.0 Å². The summed E-state index contributed by atoms with van der Waals surface area (Å²) in [6, 6.07) is 25.6. The van der Waals surface area contributed by atoms with Crippen LogP contribution in [0.2, 0.25) is 0 Å². The van der Waals surface area contributed by atoms with Crippen molar-refractivity contribution in [1.82, 2.24) is 4.57 Å². The highest BCUT2D eigenvalue weighted by Gasteiger charge is 2.66. The molecule has 306 valence electrons. The molecule has 5 bridgehead atoms. The van der Waals surface area contributed by atoms with Crippen LogP contribution in [0.25, 0.3) is 27.5 Å². The third-order valence-electron chi connectivity index (χ3n) is 19.8. The van der Waals surface area contributed by atoms with E-state index in [1.807, 2.05) is 5.56 Å². The molecule has 0 amide bonds. The topological polar surface area (TPSA) is 4.93 Å². The zero-order valence-corrected chi connectivity index (χ0v) is 38.2. The molecule has 0 N–H and O–H groups in total. The number of hydrogen-bond acceptors (Lipinski definition) is 0. The number of aromatic nitrogens is 1. The van der Waals surface area contributed by atoms with E-state index in [4.69, 9.17) is 0 Å². The average molecular weight is 796 g/mol. The van der Waals surface area contributed by atoms with Crippen molar-refractivity contribution in [3.63, 3.8) is 0 Å². The number of fused-ring (bicyclic) bond motifs is 12. The fourth-order valence-electron chi connectivity index (χ4n) is 17.3. The van der Waals surface area contributed by atoms with E-state index in [2.05, 4.69) is 121 Å². The Morgan fingerprint density at radius 2 is 1.15 bits per heavy atom. The summed E-state index contributed by atoms with van der Waals surface area (Å²) in [5, 5.41) is 3.18. The largest absolute Gasteiger partial charge is 0.311 e. The number of hydrogen-bond donors (Lipinski definition) is 0. The van der Waals surface area contributed by atoms with Gasteiger partial charge in [-0.05, 0) is 200 Å². The molecule has 2 aliphatic heterocycles. The minimum absolute atomic E-state index is 0.00518. The van der Waals surface area contributed by atoms with E-state index in [0.717, 1.165) is 17.8 Å². The van der Waals surface area contributed by atoms with Crippen molar-refractivity contribution in [2.24, 2.45) is 23.2 Å². The van der Waals surface area contributed by atoms with Crippen molar-refractivity contribution < 1.29 is 0 Å². The lowest BCUT2D eigenvalue weighted by Gasteiger charge is -2.48. The van der Waals surface area contributed by atoms with E-state index in [1.165, 1.54) is 104 Å². The summed E-state index contributed by atoms with van der Waals surface area (Å²) in [5.74, 6) is 5.41. The fraction of sp³-hybridized carbons (Fsp3) is 0.483. The number of aryl methyl sites for hydroxylation is 4. The summed E-state index contributed by atoms with van der Waals surface area (Å²) in [7, 11) is 0. The van der Waals surface area contributed by atoms with Gasteiger partial charge in [0.15, 0.2) is 0 Å². The molecule has 0 saturated heterocycles. The summed E-state index contributed by atoms with van der Waals surface area (Å²) in [5.41, 5.74) is 29.5. The van der Waals surface area contributed by atoms with E-state index < -0.39 is 0 Å². The molecule has 1 aromatic heterocycles. The monoisotopic (exact) mass is 796 g/mol. The first-order valence-corrected chi connectivity index (χ1v) is 24.9. The second-order valence-corrected chi connectivity index (χ2v) is 23.8. The first-order chi connectivity index (χ1) is 29.4. The maximum absolute atomic E-state index is 2.98. The van der Waals surface area contributed by atoms with Crippen molar-refractivity contribution >= 4 is 68.0 Å². The number of nitrogens with zero attached hydrogens (tertiary/aromatic N) is 1. The van der Waals surface area contributed by atoms with E-state index in [-0.39, 0.29) is 18.8 Å². The van der Waals surface area contributed by atoms with Gasteiger partial charge in [0, 0.05) is 27.5 Å². The minimum Gasteiger partial charge on any atom is -0.311 e. The van der Waals surface area contributed by atoms with Crippen molar-refractivity contribution in [1.29, 1.82) is 0 Å². The van der Waals surface area contributed by atoms with Gasteiger partial charge < -0.3 is 4.57 Å². The lowest BCUT2D eigenvalue weighted by atomic mass is 9.29. The molecule has 4 saturated carbocycles. The van der Waals surface area contributed by atoms with Crippen LogP contribution in [0.1, 0.15) is 172 Å². The van der Waals surface area contributed by atoms with E-state index in [0.29, 0.717) is 29.1 Å². The molecule has 14 rings (SSSR count). The maximum atomic E-state index is 2.98. The van der Waals surface area contributed by atoms with E-state index in [1.54, 1.807) is 71.3 Å². The zero-order chi connectivity index (χ0) is 41.2. The molecule has 8 unspecified atom stereocenters. The molecule has 3 heterocycles. The third-order valence-corrected chi connectivity index (χ3v) is 19.8. The molecule has 8 aliphatic rings. The summed E-state index contributed by atoms with van der Waals surface area (Å²) in [4.78, 5) is 0. The fourth-order valence-corrected chi connectivity index (χ4v) is 17.3.